The van der Waals surface area contributed by atoms with Crippen LogP contribution >= 0.6 is 46.3 Å². The second-order valence-electron chi connectivity index (χ2n) is 5.46. The van der Waals surface area contributed by atoms with Gasteiger partial charge in [0.2, 0.25) is 4.96 Å². The molecule has 2 aromatic heterocycles. The van der Waals surface area contributed by atoms with Crippen molar-refractivity contribution in [2.45, 2.75) is 11.4 Å². The summed E-state index contributed by atoms with van der Waals surface area (Å²) in [4.78, 5) is 5.45. The number of benzene rings is 2. The maximum atomic E-state index is 9.19. The van der Waals surface area contributed by atoms with Crippen LogP contribution in [-0.4, -0.2) is 14.6 Å². The van der Waals surface area contributed by atoms with Gasteiger partial charge in [0, 0.05) is 33.8 Å². The van der Waals surface area contributed by atoms with Crippen molar-refractivity contribution in [1.82, 2.24) is 14.6 Å². The lowest BCUT2D eigenvalue weighted by molar-refractivity contribution is 0.853. The van der Waals surface area contributed by atoms with Gasteiger partial charge in [-0.15, -0.1) is 0 Å². The molecular weight excluding hydrogens is 407 g/mol. The smallest absolute Gasteiger partial charge is 0.213 e. The zero-order valence-electron chi connectivity index (χ0n) is 13.2. The van der Waals surface area contributed by atoms with E-state index in [0.717, 1.165) is 38.6 Å². The summed E-state index contributed by atoms with van der Waals surface area (Å²) in [7, 11) is 0. The van der Waals surface area contributed by atoms with Crippen molar-refractivity contribution in [1.29, 1.82) is 5.26 Å². The number of hydrogen-bond acceptors (Lipinski definition) is 5. The molecule has 4 aromatic rings. The number of rotatable bonds is 4. The van der Waals surface area contributed by atoms with E-state index in [9.17, 15) is 5.26 Å². The van der Waals surface area contributed by atoms with Crippen LogP contribution in [0.4, 0.5) is 0 Å². The van der Waals surface area contributed by atoms with E-state index >= 15 is 0 Å². The van der Waals surface area contributed by atoms with Crippen molar-refractivity contribution < 1.29 is 0 Å². The quantitative estimate of drug-likeness (QED) is 0.305. The van der Waals surface area contributed by atoms with Gasteiger partial charge >= 0.3 is 0 Å². The van der Waals surface area contributed by atoms with Crippen LogP contribution in [0.5, 0.6) is 0 Å². The lowest BCUT2D eigenvalue weighted by Crippen LogP contribution is -1.92. The summed E-state index contributed by atoms with van der Waals surface area (Å²) in [6.45, 7) is 0. The van der Waals surface area contributed by atoms with Gasteiger partial charge in [-0.1, -0.05) is 58.8 Å². The number of halogens is 2. The molecule has 0 spiro atoms. The molecule has 0 unspecified atom stereocenters. The number of nitriles is 1. The molecule has 0 atom stereocenters. The highest BCUT2D eigenvalue weighted by Crippen LogP contribution is 2.34. The number of aromatic nitrogens is 3. The molecule has 0 amide bonds. The van der Waals surface area contributed by atoms with Crippen LogP contribution in [0, 0.1) is 10.7 Å². The summed E-state index contributed by atoms with van der Waals surface area (Å²) >= 11 is 14.5. The Morgan fingerprint density at radius 3 is 2.35 bits per heavy atom. The zero-order chi connectivity index (χ0) is 18.1. The van der Waals surface area contributed by atoms with E-state index in [1.165, 1.54) is 11.3 Å². The highest BCUT2D eigenvalue weighted by molar-refractivity contribution is 8.03. The molecule has 0 fully saturated rings. The van der Waals surface area contributed by atoms with Crippen LogP contribution in [0.2, 0.25) is 10.0 Å². The van der Waals surface area contributed by atoms with E-state index in [0.29, 0.717) is 21.5 Å². The summed E-state index contributed by atoms with van der Waals surface area (Å²) in [5.74, 6) is 0. The van der Waals surface area contributed by atoms with E-state index in [1.54, 1.807) is 4.52 Å². The Labute approximate surface area is 168 Å². The van der Waals surface area contributed by atoms with Crippen LogP contribution in [0.1, 0.15) is 10.6 Å². The predicted molar refractivity (Wildman–Crippen MR) is 107 cm³/mol. The first-order valence-electron chi connectivity index (χ1n) is 7.59. The van der Waals surface area contributed by atoms with Crippen LogP contribution in [0.3, 0.4) is 0 Å². The third-order valence-corrected chi connectivity index (χ3v) is 5.80. The van der Waals surface area contributed by atoms with Crippen molar-refractivity contribution in [3.05, 3.63) is 69.1 Å². The summed E-state index contributed by atoms with van der Waals surface area (Å²) in [6.07, 6.45) is 0.693. The van der Waals surface area contributed by atoms with E-state index in [-0.39, 0.29) is 0 Å². The van der Waals surface area contributed by atoms with Crippen molar-refractivity contribution in [3.8, 4) is 16.7 Å². The summed E-state index contributed by atoms with van der Waals surface area (Å²) in [6, 6.07) is 15.1. The van der Waals surface area contributed by atoms with Crippen LogP contribution < -0.4 is 0 Å². The lowest BCUT2D eigenvalue weighted by Gasteiger charge is -2.00. The van der Waals surface area contributed by atoms with Gasteiger partial charge in [-0.2, -0.15) is 14.9 Å². The molecule has 0 aliphatic carbocycles. The second-order valence-corrected chi connectivity index (χ2v) is 8.15. The Morgan fingerprint density at radius 1 is 1.04 bits per heavy atom. The molecule has 2 aromatic carbocycles. The molecule has 0 saturated heterocycles. The van der Waals surface area contributed by atoms with Gasteiger partial charge in [0.25, 0.3) is 0 Å². The first kappa shape index (κ1) is 17.4. The maximum Gasteiger partial charge on any atom is 0.213 e. The molecule has 26 heavy (non-hydrogen) atoms. The summed E-state index contributed by atoms with van der Waals surface area (Å²) in [5, 5.41) is 19.0. The highest BCUT2D eigenvalue weighted by atomic mass is 35.5. The normalized spacial score (nSPS) is 11.0. The lowest BCUT2D eigenvalue weighted by atomic mass is 10.2. The number of fused-ring (bicyclic) bond motifs is 1. The molecular formula is C18H10Cl2N4S2. The van der Waals surface area contributed by atoms with Gasteiger partial charge in [-0.05, 0) is 29.8 Å². The monoisotopic (exact) mass is 416 g/mol. The first-order valence-corrected chi connectivity index (χ1v) is 9.97. The van der Waals surface area contributed by atoms with Crippen molar-refractivity contribution in [2.24, 2.45) is 0 Å². The third-order valence-electron chi connectivity index (χ3n) is 3.73. The largest absolute Gasteiger partial charge is 0.216 e. The van der Waals surface area contributed by atoms with Gasteiger partial charge < -0.3 is 0 Å². The number of thioether (sulfide) groups is 1. The molecule has 2 heterocycles. The van der Waals surface area contributed by atoms with Crippen molar-refractivity contribution >= 4 is 51.3 Å². The molecule has 8 heteroatoms. The SMILES string of the molecule is N#CSc1c(-c2ccc(Cl)cc2)nc2sc(Cc3ccc(Cl)cc3)nn12. The minimum absolute atomic E-state index is 0.660. The molecule has 4 nitrogen and oxygen atoms in total. The molecule has 0 saturated carbocycles. The van der Waals surface area contributed by atoms with Gasteiger partial charge in [-0.3, -0.25) is 0 Å². The molecule has 4 rings (SSSR count). The molecule has 0 aliphatic rings. The Bertz CT molecular complexity index is 1110. The second kappa shape index (κ2) is 7.29. The highest BCUT2D eigenvalue weighted by Gasteiger charge is 2.19. The summed E-state index contributed by atoms with van der Waals surface area (Å²) in [5.41, 5.74) is 2.77. The number of nitrogens with zero attached hydrogens (tertiary/aromatic N) is 4. The minimum atomic E-state index is 0.660. The standard InChI is InChI=1S/C18H10Cl2N4S2/c19-13-5-1-11(2-6-13)9-15-23-24-17(25-10-21)16(22-18(24)26-15)12-3-7-14(20)8-4-12/h1-8H,9H2. The Morgan fingerprint density at radius 2 is 1.69 bits per heavy atom. The summed E-state index contributed by atoms with van der Waals surface area (Å²) < 4.78 is 1.74. The Kier molecular flexibility index (Phi) is 4.88. The van der Waals surface area contributed by atoms with Crippen LogP contribution in [-0.2, 0) is 6.42 Å². The maximum absolute atomic E-state index is 9.19. The molecule has 0 bridgehead atoms. The minimum Gasteiger partial charge on any atom is -0.216 e. The van der Waals surface area contributed by atoms with Crippen LogP contribution in [0.15, 0.2) is 53.6 Å². The average molecular weight is 417 g/mol. The predicted octanol–water partition coefficient (Wildman–Crippen LogP) is 5.93. The van der Waals surface area contributed by atoms with Gasteiger partial charge in [-0.25, -0.2) is 4.98 Å². The number of thiocyanates is 1. The fourth-order valence-corrected chi connectivity index (χ4v) is 4.35. The van der Waals surface area contributed by atoms with Gasteiger partial charge in [0.05, 0.1) is 0 Å². The zero-order valence-corrected chi connectivity index (χ0v) is 16.3. The topological polar surface area (TPSA) is 54.0 Å². The third kappa shape index (κ3) is 3.44. The van der Waals surface area contributed by atoms with E-state index in [2.05, 4.69) is 10.5 Å². The van der Waals surface area contributed by atoms with Crippen molar-refractivity contribution in [2.75, 3.05) is 0 Å². The number of imidazole rings is 1. The van der Waals surface area contributed by atoms with Crippen molar-refractivity contribution in [3.63, 3.8) is 0 Å². The van der Waals surface area contributed by atoms with Gasteiger partial charge in [0.1, 0.15) is 21.1 Å². The molecule has 0 radical (unpaired) electrons. The van der Waals surface area contributed by atoms with E-state index in [1.807, 2.05) is 48.5 Å². The first-order chi connectivity index (χ1) is 12.6. The Balaban J connectivity index is 1.73. The Hall–Kier alpha value is -2.04. The fraction of sp³-hybridized carbons (Fsp3) is 0.0556. The van der Waals surface area contributed by atoms with Gasteiger partial charge in [0.15, 0.2) is 0 Å². The fourth-order valence-electron chi connectivity index (χ4n) is 2.55. The average Bonchev–Trinajstić information content (AvgIpc) is 3.17. The van der Waals surface area contributed by atoms with E-state index < -0.39 is 0 Å². The molecule has 128 valence electrons. The van der Waals surface area contributed by atoms with E-state index in [4.69, 9.17) is 28.2 Å². The molecule has 0 N–H and O–H groups in total. The number of hydrogen-bond donors (Lipinski definition) is 0. The molecule has 0 aliphatic heterocycles. The van der Waals surface area contributed by atoms with Crippen LogP contribution in [0.25, 0.3) is 16.2 Å².